The number of nitrogens with two attached hydrogens (primary N) is 1. The summed E-state index contributed by atoms with van der Waals surface area (Å²) in [5.41, 5.74) is 5.87. The third-order valence-corrected chi connectivity index (χ3v) is 2.54. The first-order chi connectivity index (χ1) is 7.66. The highest BCUT2D eigenvalue weighted by Gasteiger charge is 2.30. The standard InChI is InChI=1S/C11H13N3O2/c12-11(16)13-8-6-10(15)14(7-8)9-4-2-1-3-5-9/h1-5,8H,6-7H2,(H3,12,13,16)/t8-/m1/s1. The van der Waals surface area contributed by atoms with Crippen molar-refractivity contribution in [2.75, 3.05) is 11.4 Å². The number of anilines is 1. The molecule has 0 unspecified atom stereocenters. The molecule has 1 aliphatic heterocycles. The SMILES string of the molecule is NC(=O)N[C@@H]1CC(=O)N(c2ccccc2)C1. The quantitative estimate of drug-likeness (QED) is 0.758. The molecule has 1 aliphatic rings. The summed E-state index contributed by atoms with van der Waals surface area (Å²) in [5.74, 6) is 0.00458. The number of nitrogens with zero attached hydrogens (tertiary/aromatic N) is 1. The minimum Gasteiger partial charge on any atom is -0.352 e. The molecule has 1 atom stereocenters. The lowest BCUT2D eigenvalue weighted by molar-refractivity contribution is -0.117. The Labute approximate surface area is 93.2 Å². The van der Waals surface area contributed by atoms with E-state index in [0.717, 1.165) is 5.69 Å². The molecular weight excluding hydrogens is 206 g/mol. The number of rotatable bonds is 2. The predicted octanol–water partition coefficient (Wildman–Crippen LogP) is 0.460. The Morgan fingerprint density at radius 1 is 1.38 bits per heavy atom. The Morgan fingerprint density at radius 2 is 2.06 bits per heavy atom. The monoisotopic (exact) mass is 219 g/mol. The van der Waals surface area contributed by atoms with Gasteiger partial charge < -0.3 is 16.0 Å². The zero-order valence-electron chi connectivity index (χ0n) is 8.72. The van der Waals surface area contributed by atoms with Crippen molar-refractivity contribution in [3.05, 3.63) is 30.3 Å². The minimum atomic E-state index is -0.590. The van der Waals surface area contributed by atoms with Crippen LogP contribution in [0.2, 0.25) is 0 Å². The summed E-state index contributed by atoms with van der Waals surface area (Å²) in [5, 5.41) is 2.55. The molecular formula is C11H13N3O2. The Kier molecular flexibility index (Phi) is 2.76. The third kappa shape index (κ3) is 2.13. The smallest absolute Gasteiger partial charge is 0.312 e. The molecule has 5 nitrogen and oxygen atoms in total. The van der Waals surface area contributed by atoms with E-state index in [0.29, 0.717) is 13.0 Å². The average Bonchev–Trinajstić information content (AvgIpc) is 2.60. The number of hydrogen-bond acceptors (Lipinski definition) is 2. The van der Waals surface area contributed by atoms with E-state index >= 15 is 0 Å². The Morgan fingerprint density at radius 3 is 2.69 bits per heavy atom. The summed E-state index contributed by atoms with van der Waals surface area (Å²) in [6.07, 6.45) is 0.303. The maximum absolute atomic E-state index is 11.7. The molecule has 0 spiro atoms. The molecule has 16 heavy (non-hydrogen) atoms. The number of carbonyl (C=O) groups excluding carboxylic acids is 2. The molecule has 0 bridgehead atoms. The summed E-state index contributed by atoms with van der Waals surface area (Å²) >= 11 is 0. The lowest BCUT2D eigenvalue weighted by atomic mass is 10.3. The van der Waals surface area contributed by atoms with Crippen LogP contribution in [0, 0.1) is 0 Å². The summed E-state index contributed by atoms with van der Waals surface area (Å²) in [6.45, 7) is 0.478. The highest BCUT2D eigenvalue weighted by atomic mass is 16.2. The van der Waals surface area contributed by atoms with Crippen molar-refractivity contribution in [2.45, 2.75) is 12.5 Å². The Bertz CT molecular complexity index is 405. The molecule has 1 fully saturated rings. The van der Waals surface area contributed by atoms with Crippen molar-refractivity contribution in [2.24, 2.45) is 5.73 Å². The Hall–Kier alpha value is -2.04. The first-order valence-electron chi connectivity index (χ1n) is 5.08. The second-order valence-electron chi connectivity index (χ2n) is 3.75. The van der Waals surface area contributed by atoms with Gasteiger partial charge in [-0.15, -0.1) is 0 Å². The zero-order chi connectivity index (χ0) is 11.5. The number of nitrogens with one attached hydrogen (secondary N) is 1. The zero-order valence-corrected chi connectivity index (χ0v) is 8.72. The highest BCUT2D eigenvalue weighted by Crippen LogP contribution is 2.20. The highest BCUT2D eigenvalue weighted by molar-refractivity contribution is 5.96. The van der Waals surface area contributed by atoms with E-state index in [1.165, 1.54) is 0 Å². The number of amides is 3. The summed E-state index contributed by atoms with van der Waals surface area (Å²) < 4.78 is 0. The van der Waals surface area contributed by atoms with Crippen molar-refractivity contribution >= 4 is 17.6 Å². The molecule has 0 aliphatic carbocycles. The van der Waals surface area contributed by atoms with E-state index in [4.69, 9.17) is 5.73 Å². The van der Waals surface area contributed by atoms with Gasteiger partial charge in [0.15, 0.2) is 0 Å². The van der Waals surface area contributed by atoms with Gasteiger partial charge in [-0.25, -0.2) is 4.79 Å². The van der Waals surface area contributed by atoms with Gasteiger partial charge in [-0.3, -0.25) is 4.79 Å². The van der Waals surface area contributed by atoms with Gasteiger partial charge in [0.2, 0.25) is 5.91 Å². The number of urea groups is 1. The molecule has 0 aromatic heterocycles. The third-order valence-electron chi connectivity index (χ3n) is 2.54. The molecule has 5 heteroatoms. The van der Waals surface area contributed by atoms with Crippen LogP contribution in [-0.4, -0.2) is 24.5 Å². The fourth-order valence-corrected chi connectivity index (χ4v) is 1.86. The molecule has 1 heterocycles. The van der Waals surface area contributed by atoms with Gasteiger partial charge in [0.25, 0.3) is 0 Å². The van der Waals surface area contributed by atoms with Crippen LogP contribution in [0.3, 0.4) is 0 Å². The molecule has 84 valence electrons. The van der Waals surface area contributed by atoms with Gasteiger partial charge in [-0.2, -0.15) is 0 Å². The Balaban J connectivity index is 2.08. The molecule has 1 aromatic carbocycles. The molecule has 0 radical (unpaired) electrons. The molecule has 2 rings (SSSR count). The first kappa shape index (κ1) is 10.5. The molecule has 1 aromatic rings. The van der Waals surface area contributed by atoms with E-state index < -0.39 is 6.03 Å². The average molecular weight is 219 g/mol. The maximum atomic E-state index is 11.7. The second-order valence-corrected chi connectivity index (χ2v) is 3.75. The van der Waals surface area contributed by atoms with Crippen LogP contribution < -0.4 is 16.0 Å². The van der Waals surface area contributed by atoms with Crippen LogP contribution >= 0.6 is 0 Å². The van der Waals surface area contributed by atoms with Crippen molar-refractivity contribution < 1.29 is 9.59 Å². The van der Waals surface area contributed by atoms with Crippen molar-refractivity contribution in [3.63, 3.8) is 0 Å². The van der Waals surface area contributed by atoms with Crippen LogP contribution in [0.5, 0.6) is 0 Å². The molecule has 3 amide bonds. The van der Waals surface area contributed by atoms with E-state index in [1.807, 2.05) is 30.3 Å². The lowest BCUT2D eigenvalue weighted by Gasteiger charge is -2.16. The summed E-state index contributed by atoms with van der Waals surface area (Å²) in [4.78, 5) is 24.0. The molecule has 0 saturated carbocycles. The van der Waals surface area contributed by atoms with Gasteiger partial charge in [0, 0.05) is 18.7 Å². The van der Waals surface area contributed by atoms with Gasteiger partial charge in [-0.1, -0.05) is 18.2 Å². The van der Waals surface area contributed by atoms with Crippen molar-refractivity contribution in [1.29, 1.82) is 0 Å². The van der Waals surface area contributed by atoms with E-state index in [9.17, 15) is 9.59 Å². The topological polar surface area (TPSA) is 75.4 Å². The van der Waals surface area contributed by atoms with Crippen molar-refractivity contribution in [3.8, 4) is 0 Å². The molecule has 1 saturated heterocycles. The predicted molar refractivity (Wildman–Crippen MR) is 59.9 cm³/mol. The van der Waals surface area contributed by atoms with Crippen molar-refractivity contribution in [1.82, 2.24) is 5.32 Å². The summed E-state index contributed by atoms with van der Waals surface area (Å²) in [7, 11) is 0. The minimum absolute atomic E-state index is 0.00458. The number of benzene rings is 1. The normalized spacial score (nSPS) is 19.9. The largest absolute Gasteiger partial charge is 0.352 e. The fourth-order valence-electron chi connectivity index (χ4n) is 1.86. The van der Waals surface area contributed by atoms with Gasteiger partial charge in [-0.05, 0) is 12.1 Å². The number of hydrogen-bond donors (Lipinski definition) is 2. The van der Waals surface area contributed by atoms with Gasteiger partial charge in [0.05, 0.1) is 6.04 Å². The van der Waals surface area contributed by atoms with E-state index in [2.05, 4.69) is 5.32 Å². The number of primary amides is 1. The van der Waals surface area contributed by atoms with E-state index in [-0.39, 0.29) is 11.9 Å². The van der Waals surface area contributed by atoms with Crippen LogP contribution in [-0.2, 0) is 4.79 Å². The van der Waals surface area contributed by atoms with Crippen LogP contribution in [0.25, 0.3) is 0 Å². The van der Waals surface area contributed by atoms with Crippen LogP contribution in [0.1, 0.15) is 6.42 Å². The van der Waals surface area contributed by atoms with Crippen LogP contribution in [0.4, 0.5) is 10.5 Å². The summed E-state index contributed by atoms with van der Waals surface area (Å²) in [6, 6.07) is 8.59. The fraction of sp³-hybridized carbons (Fsp3) is 0.273. The lowest BCUT2D eigenvalue weighted by Crippen LogP contribution is -2.40. The number of para-hydroxylation sites is 1. The van der Waals surface area contributed by atoms with E-state index in [1.54, 1.807) is 4.90 Å². The first-order valence-corrected chi connectivity index (χ1v) is 5.08. The van der Waals surface area contributed by atoms with Gasteiger partial charge in [0.1, 0.15) is 0 Å². The van der Waals surface area contributed by atoms with Gasteiger partial charge >= 0.3 is 6.03 Å². The second kappa shape index (κ2) is 4.22. The maximum Gasteiger partial charge on any atom is 0.312 e. The molecule has 3 N–H and O–H groups in total. The van der Waals surface area contributed by atoms with Crippen LogP contribution in [0.15, 0.2) is 30.3 Å². The number of carbonyl (C=O) groups is 2.